The van der Waals surface area contributed by atoms with Crippen LogP contribution in [0, 0.1) is 11.3 Å². The van der Waals surface area contributed by atoms with Crippen LogP contribution in [0.5, 0.6) is 0 Å². The van der Waals surface area contributed by atoms with E-state index in [9.17, 15) is 10.2 Å². The van der Waals surface area contributed by atoms with E-state index in [0.717, 1.165) is 0 Å². The Balaban J connectivity index is 2.97. The average Bonchev–Trinajstić information content (AvgIpc) is 2.23. The Morgan fingerprint density at radius 2 is 2.00 bits per heavy atom. The second-order valence-corrected chi connectivity index (χ2v) is 5.69. The minimum atomic E-state index is -0.701. The number of rotatable bonds is 2. The minimum Gasteiger partial charge on any atom is -0.394 e. The molecule has 0 spiro atoms. The minimum absolute atomic E-state index is 0.215. The molecule has 0 aromatic rings. The highest BCUT2D eigenvalue weighted by Crippen LogP contribution is 2.36. The van der Waals surface area contributed by atoms with Crippen LogP contribution >= 0.6 is 0 Å². The van der Waals surface area contributed by atoms with Crippen molar-refractivity contribution >= 4 is 0 Å². The van der Waals surface area contributed by atoms with Gasteiger partial charge in [-0.2, -0.15) is 0 Å². The second-order valence-electron chi connectivity index (χ2n) is 5.69. The lowest BCUT2D eigenvalue weighted by Gasteiger charge is -2.46. The highest BCUT2D eigenvalue weighted by Gasteiger charge is 2.46. The van der Waals surface area contributed by atoms with Gasteiger partial charge in [0.1, 0.15) is 0 Å². The van der Waals surface area contributed by atoms with Gasteiger partial charge in [-0.15, -0.1) is 0 Å². The molecule has 1 saturated heterocycles. The first-order valence-corrected chi connectivity index (χ1v) is 5.81. The summed E-state index contributed by atoms with van der Waals surface area (Å²) in [6, 6.07) is -0.529. The molecule has 1 heterocycles. The van der Waals surface area contributed by atoms with Gasteiger partial charge in [-0.05, 0) is 16.9 Å². The van der Waals surface area contributed by atoms with E-state index in [4.69, 9.17) is 10.3 Å². The highest BCUT2D eigenvalue weighted by molar-refractivity contribution is 4.97. The molecule has 0 amide bonds. The third kappa shape index (κ3) is 2.90. The van der Waals surface area contributed by atoms with Crippen LogP contribution in [0.15, 0.2) is 5.11 Å². The van der Waals surface area contributed by atoms with E-state index in [1.165, 1.54) is 0 Å². The summed E-state index contributed by atoms with van der Waals surface area (Å²) in [5.41, 5.74) is 8.27. The maximum absolute atomic E-state index is 10.2. The molecular weight excluding hydrogens is 222 g/mol. The Kier molecular flexibility index (Phi) is 4.38. The van der Waals surface area contributed by atoms with Crippen molar-refractivity contribution in [2.45, 2.75) is 52.0 Å². The van der Waals surface area contributed by atoms with Crippen LogP contribution in [0.3, 0.4) is 0 Å². The van der Waals surface area contributed by atoms with Crippen LogP contribution in [0.1, 0.15) is 27.7 Å². The number of hydrogen-bond acceptors (Lipinski definition) is 4. The van der Waals surface area contributed by atoms with Gasteiger partial charge in [0.25, 0.3) is 0 Å². The number of nitrogens with zero attached hydrogens (tertiary/aromatic N) is 3. The zero-order valence-corrected chi connectivity index (χ0v) is 10.7. The van der Waals surface area contributed by atoms with Crippen molar-refractivity contribution in [1.29, 1.82) is 0 Å². The predicted octanol–water partition coefficient (Wildman–Crippen LogP) is 1.47. The standard InChI is InChI=1S/C11H21N3O3/c1-6-8(13-14-12)7(5-15)17-10(9(6)16)11(2,3)4/h6-10,15-16H,5H2,1-4H3/t6-,7+,8-,9+,10+/m0/s1. The number of ether oxygens (including phenoxy) is 1. The lowest BCUT2D eigenvalue weighted by molar-refractivity contribution is -0.194. The van der Waals surface area contributed by atoms with E-state index in [1.54, 1.807) is 0 Å². The first-order valence-electron chi connectivity index (χ1n) is 5.81. The van der Waals surface area contributed by atoms with Gasteiger partial charge in [-0.1, -0.05) is 32.8 Å². The van der Waals surface area contributed by atoms with Crippen molar-refractivity contribution in [3.63, 3.8) is 0 Å². The van der Waals surface area contributed by atoms with Crippen LogP contribution in [0.2, 0.25) is 0 Å². The monoisotopic (exact) mass is 243 g/mol. The normalized spacial score (nSPS) is 38.6. The summed E-state index contributed by atoms with van der Waals surface area (Å²) >= 11 is 0. The SMILES string of the molecule is C[C@@H]1[C@@H](O)[C@H](C(C)(C)C)O[C@H](CO)[C@H]1N=[N+]=[N-]. The topological polar surface area (TPSA) is 98.5 Å². The van der Waals surface area contributed by atoms with Crippen LogP contribution in [-0.4, -0.2) is 41.2 Å². The molecule has 6 nitrogen and oxygen atoms in total. The summed E-state index contributed by atoms with van der Waals surface area (Å²) in [6.07, 6.45) is -1.62. The molecular formula is C11H21N3O3. The van der Waals surface area contributed by atoms with Gasteiger partial charge in [-0.25, -0.2) is 0 Å². The molecule has 17 heavy (non-hydrogen) atoms. The first kappa shape index (κ1) is 14.3. The van der Waals surface area contributed by atoms with Crippen LogP contribution in [0.4, 0.5) is 0 Å². The van der Waals surface area contributed by atoms with E-state index < -0.39 is 18.2 Å². The van der Waals surface area contributed by atoms with Gasteiger partial charge >= 0.3 is 0 Å². The summed E-state index contributed by atoms with van der Waals surface area (Å²) < 4.78 is 5.68. The molecule has 0 bridgehead atoms. The maximum Gasteiger partial charge on any atom is 0.0899 e. The highest BCUT2D eigenvalue weighted by atomic mass is 16.5. The molecule has 5 atom stereocenters. The second kappa shape index (κ2) is 5.23. The molecule has 6 heteroatoms. The molecule has 2 N–H and O–H groups in total. The summed E-state index contributed by atoms with van der Waals surface area (Å²) in [5.74, 6) is -0.235. The van der Waals surface area contributed by atoms with Crippen molar-refractivity contribution in [1.82, 2.24) is 0 Å². The van der Waals surface area contributed by atoms with Gasteiger partial charge in [0.05, 0.1) is 31.0 Å². The quantitative estimate of drug-likeness (QED) is 0.436. The lowest BCUT2D eigenvalue weighted by atomic mass is 9.76. The van der Waals surface area contributed by atoms with E-state index in [1.807, 2.05) is 27.7 Å². The van der Waals surface area contributed by atoms with Gasteiger partial charge in [0, 0.05) is 4.91 Å². The molecule has 0 aromatic carbocycles. The molecule has 0 unspecified atom stereocenters. The van der Waals surface area contributed by atoms with Gasteiger partial charge in [0.15, 0.2) is 0 Å². The van der Waals surface area contributed by atoms with Crippen LogP contribution < -0.4 is 0 Å². The maximum atomic E-state index is 10.2. The summed E-state index contributed by atoms with van der Waals surface area (Å²) in [6.45, 7) is 7.50. The smallest absolute Gasteiger partial charge is 0.0899 e. The van der Waals surface area contributed by atoms with Crippen LogP contribution in [-0.2, 0) is 4.74 Å². The zero-order valence-electron chi connectivity index (χ0n) is 10.7. The van der Waals surface area contributed by atoms with Gasteiger partial charge in [0.2, 0.25) is 0 Å². The Bertz CT molecular complexity index is 308. The summed E-state index contributed by atoms with van der Waals surface area (Å²) in [4.78, 5) is 2.75. The first-order chi connectivity index (χ1) is 7.82. The number of azide groups is 1. The number of aliphatic hydroxyl groups excluding tert-OH is 2. The van der Waals surface area contributed by atoms with E-state index in [0.29, 0.717) is 0 Å². The molecule has 0 radical (unpaired) electrons. The molecule has 1 fully saturated rings. The third-order valence-electron chi connectivity index (χ3n) is 3.31. The van der Waals surface area contributed by atoms with E-state index in [-0.39, 0.29) is 24.0 Å². The summed E-state index contributed by atoms with van der Waals surface area (Å²) in [7, 11) is 0. The van der Waals surface area contributed by atoms with Gasteiger partial charge < -0.3 is 14.9 Å². The van der Waals surface area contributed by atoms with E-state index >= 15 is 0 Å². The molecule has 0 saturated carbocycles. The fraction of sp³-hybridized carbons (Fsp3) is 1.00. The van der Waals surface area contributed by atoms with Gasteiger partial charge in [-0.3, -0.25) is 0 Å². The van der Waals surface area contributed by atoms with E-state index in [2.05, 4.69) is 10.0 Å². The average molecular weight is 243 g/mol. The Morgan fingerprint density at radius 3 is 2.41 bits per heavy atom. The van der Waals surface area contributed by atoms with Crippen LogP contribution in [0.25, 0.3) is 10.4 Å². The number of hydrogen-bond donors (Lipinski definition) is 2. The van der Waals surface area contributed by atoms with Crippen molar-refractivity contribution in [2.75, 3.05) is 6.61 Å². The molecule has 1 aliphatic rings. The van der Waals surface area contributed by atoms with Crippen molar-refractivity contribution in [3.05, 3.63) is 10.4 Å². The molecule has 1 aliphatic heterocycles. The third-order valence-corrected chi connectivity index (χ3v) is 3.31. The molecule has 1 rings (SSSR count). The van der Waals surface area contributed by atoms with Crippen molar-refractivity contribution < 1.29 is 14.9 Å². The lowest BCUT2D eigenvalue weighted by Crippen LogP contribution is -2.57. The number of aliphatic hydroxyl groups is 2. The Labute approximate surface area is 101 Å². The molecule has 0 aromatic heterocycles. The predicted molar refractivity (Wildman–Crippen MR) is 63.3 cm³/mol. The summed E-state index contributed by atoms with van der Waals surface area (Å²) in [5, 5.41) is 23.1. The fourth-order valence-corrected chi connectivity index (χ4v) is 2.27. The Morgan fingerprint density at radius 1 is 1.41 bits per heavy atom. The Hall–Kier alpha value is -0.810. The zero-order chi connectivity index (χ0) is 13.2. The fourth-order valence-electron chi connectivity index (χ4n) is 2.27. The molecule has 0 aliphatic carbocycles. The van der Waals surface area contributed by atoms with Crippen molar-refractivity contribution in [2.24, 2.45) is 16.4 Å². The van der Waals surface area contributed by atoms with Crippen molar-refractivity contribution in [3.8, 4) is 0 Å². The largest absolute Gasteiger partial charge is 0.394 e. The molecule has 98 valence electrons.